The highest BCUT2D eigenvalue weighted by molar-refractivity contribution is 4.97. The van der Waals surface area contributed by atoms with E-state index in [2.05, 4.69) is 4.98 Å². The molecule has 18 heavy (non-hydrogen) atoms. The average molecular weight is 251 g/mol. The Bertz CT molecular complexity index is 358. The van der Waals surface area contributed by atoms with Crippen LogP contribution in [-0.4, -0.2) is 28.8 Å². The lowest BCUT2D eigenvalue weighted by Crippen LogP contribution is -2.44. The van der Waals surface area contributed by atoms with E-state index in [0.29, 0.717) is 5.92 Å². The van der Waals surface area contributed by atoms with Crippen molar-refractivity contribution in [1.82, 2.24) is 9.55 Å². The molecule has 0 spiro atoms. The van der Waals surface area contributed by atoms with E-state index in [1.54, 1.807) is 7.11 Å². The number of aromatic nitrogens is 2. The molecule has 1 aliphatic rings. The normalized spacial score (nSPS) is 20.8. The monoisotopic (exact) mass is 251 g/mol. The van der Waals surface area contributed by atoms with Gasteiger partial charge in [-0.1, -0.05) is 19.3 Å². The SMILES string of the molecule is COC(C(N)Cc1nccn1C)C1CCCCC1. The van der Waals surface area contributed by atoms with Gasteiger partial charge in [-0.05, 0) is 18.8 Å². The molecule has 0 aliphatic heterocycles. The fourth-order valence-electron chi connectivity index (χ4n) is 3.10. The molecule has 1 heterocycles. The van der Waals surface area contributed by atoms with E-state index in [1.807, 2.05) is 24.0 Å². The van der Waals surface area contributed by atoms with Crippen LogP contribution in [0.1, 0.15) is 37.9 Å². The molecule has 0 bridgehead atoms. The molecule has 0 aromatic carbocycles. The van der Waals surface area contributed by atoms with Gasteiger partial charge in [0.05, 0.1) is 6.10 Å². The Hall–Kier alpha value is -0.870. The summed E-state index contributed by atoms with van der Waals surface area (Å²) in [6.45, 7) is 0. The number of nitrogens with two attached hydrogens (primary N) is 1. The van der Waals surface area contributed by atoms with Crippen LogP contribution in [0.2, 0.25) is 0 Å². The lowest BCUT2D eigenvalue weighted by atomic mass is 9.82. The number of hydrogen-bond acceptors (Lipinski definition) is 3. The fraction of sp³-hybridized carbons (Fsp3) is 0.786. The van der Waals surface area contributed by atoms with E-state index in [9.17, 15) is 0 Å². The predicted octanol–water partition coefficient (Wildman–Crippen LogP) is 1.89. The number of imidazole rings is 1. The molecule has 0 saturated heterocycles. The molecule has 102 valence electrons. The second-order valence-electron chi connectivity index (χ2n) is 5.42. The maximum atomic E-state index is 6.34. The van der Waals surface area contributed by atoms with Crippen LogP contribution in [-0.2, 0) is 18.2 Å². The summed E-state index contributed by atoms with van der Waals surface area (Å²) in [6, 6.07) is 0.0409. The van der Waals surface area contributed by atoms with Crippen molar-refractivity contribution in [3.8, 4) is 0 Å². The number of methoxy groups -OCH3 is 1. The summed E-state index contributed by atoms with van der Waals surface area (Å²) in [4.78, 5) is 4.34. The van der Waals surface area contributed by atoms with Gasteiger partial charge in [-0.15, -0.1) is 0 Å². The Morgan fingerprint density at radius 1 is 1.44 bits per heavy atom. The third-order valence-corrected chi connectivity index (χ3v) is 4.15. The molecule has 1 aromatic rings. The first kappa shape index (κ1) is 13.6. The van der Waals surface area contributed by atoms with Crippen LogP contribution >= 0.6 is 0 Å². The number of rotatable bonds is 5. The Kier molecular flexibility index (Phi) is 4.78. The summed E-state index contributed by atoms with van der Waals surface area (Å²) < 4.78 is 7.71. The van der Waals surface area contributed by atoms with Crippen LogP contribution in [0.3, 0.4) is 0 Å². The van der Waals surface area contributed by atoms with Crippen molar-refractivity contribution >= 4 is 0 Å². The van der Waals surface area contributed by atoms with Gasteiger partial charge in [0.25, 0.3) is 0 Å². The lowest BCUT2D eigenvalue weighted by Gasteiger charge is -2.33. The Labute approximate surface area is 110 Å². The molecule has 0 radical (unpaired) electrons. The van der Waals surface area contributed by atoms with Crippen molar-refractivity contribution in [3.05, 3.63) is 18.2 Å². The number of ether oxygens (including phenoxy) is 1. The number of nitrogens with zero attached hydrogens (tertiary/aromatic N) is 2. The molecule has 4 heteroatoms. The molecule has 1 aromatic heterocycles. The van der Waals surface area contributed by atoms with E-state index in [-0.39, 0.29) is 12.1 Å². The van der Waals surface area contributed by atoms with Gasteiger partial charge in [-0.2, -0.15) is 0 Å². The smallest absolute Gasteiger partial charge is 0.110 e. The highest BCUT2D eigenvalue weighted by Gasteiger charge is 2.29. The molecule has 1 aliphatic carbocycles. The second kappa shape index (κ2) is 6.34. The number of aryl methyl sites for hydroxylation is 1. The highest BCUT2D eigenvalue weighted by atomic mass is 16.5. The van der Waals surface area contributed by atoms with Crippen LogP contribution in [0.25, 0.3) is 0 Å². The van der Waals surface area contributed by atoms with E-state index >= 15 is 0 Å². The Morgan fingerprint density at radius 2 is 2.17 bits per heavy atom. The first-order chi connectivity index (χ1) is 8.72. The van der Waals surface area contributed by atoms with Crippen molar-refractivity contribution < 1.29 is 4.74 Å². The summed E-state index contributed by atoms with van der Waals surface area (Å²) in [5.41, 5.74) is 6.34. The summed E-state index contributed by atoms with van der Waals surface area (Å²) in [5.74, 6) is 1.67. The Morgan fingerprint density at radius 3 is 2.72 bits per heavy atom. The first-order valence-electron chi connectivity index (χ1n) is 6.97. The predicted molar refractivity (Wildman–Crippen MR) is 72.3 cm³/mol. The summed E-state index contributed by atoms with van der Waals surface area (Å²) in [6.07, 6.45) is 11.3. The first-order valence-corrected chi connectivity index (χ1v) is 6.97. The zero-order chi connectivity index (χ0) is 13.0. The highest BCUT2D eigenvalue weighted by Crippen LogP contribution is 2.29. The molecule has 1 fully saturated rings. The van der Waals surface area contributed by atoms with E-state index in [0.717, 1.165) is 12.2 Å². The third kappa shape index (κ3) is 3.12. The minimum atomic E-state index is 0.0409. The van der Waals surface area contributed by atoms with Gasteiger partial charge in [-0.3, -0.25) is 0 Å². The summed E-state index contributed by atoms with van der Waals surface area (Å²) in [7, 11) is 3.80. The molecule has 2 atom stereocenters. The summed E-state index contributed by atoms with van der Waals surface area (Å²) >= 11 is 0. The quantitative estimate of drug-likeness (QED) is 0.869. The fourth-order valence-corrected chi connectivity index (χ4v) is 3.10. The lowest BCUT2D eigenvalue weighted by molar-refractivity contribution is 0.0173. The van der Waals surface area contributed by atoms with Gasteiger partial charge in [0, 0.05) is 39.0 Å². The maximum Gasteiger partial charge on any atom is 0.110 e. The summed E-state index contributed by atoms with van der Waals surface area (Å²) in [5, 5.41) is 0. The zero-order valence-electron chi connectivity index (χ0n) is 11.5. The van der Waals surface area contributed by atoms with Crippen LogP contribution < -0.4 is 5.73 Å². The topological polar surface area (TPSA) is 53.1 Å². The molecule has 2 rings (SSSR count). The van der Waals surface area contributed by atoms with Gasteiger partial charge in [0.2, 0.25) is 0 Å². The Balaban J connectivity index is 1.96. The van der Waals surface area contributed by atoms with Crippen molar-refractivity contribution in [2.45, 2.75) is 50.7 Å². The van der Waals surface area contributed by atoms with Crippen molar-refractivity contribution in [2.75, 3.05) is 7.11 Å². The number of hydrogen-bond donors (Lipinski definition) is 1. The largest absolute Gasteiger partial charge is 0.380 e. The maximum absolute atomic E-state index is 6.34. The van der Waals surface area contributed by atoms with Crippen molar-refractivity contribution in [1.29, 1.82) is 0 Å². The standard InChI is InChI=1S/C14H25N3O/c1-17-9-8-16-13(17)10-12(15)14(18-2)11-6-4-3-5-7-11/h8-9,11-12,14H,3-7,10,15H2,1-2H3. The molecule has 2 N–H and O–H groups in total. The van der Waals surface area contributed by atoms with E-state index < -0.39 is 0 Å². The zero-order valence-corrected chi connectivity index (χ0v) is 11.5. The van der Waals surface area contributed by atoms with E-state index in [4.69, 9.17) is 10.5 Å². The van der Waals surface area contributed by atoms with E-state index in [1.165, 1.54) is 32.1 Å². The minimum absolute atomic E-state index is 0.0409. The molecule has 1 saturated carbocycles. The van der Waals surface area contributed by atoms with Crippen LogP contribution in [0.5, 0.6) is 0 Å². The minimum Gasteiger partial charge on any atom is -0.380 e. The molecule has 4 nitrogen and oxygen atoms in total. The van der Waals surface area contributed by atoms with Crippen molar-refractivity contribution in [2.24, 2.45) is 18.7 Å². The molecule has 0 amide bonds. The van der Waals surface area contributed by atoms with Crippen LogP contribution in [0.15, 0.2) is 12.4 Å². The van der Waals surface area contributed by atoms with Gasteiger partial charge in [0.15, 0.2) is 0 Å². The van der Waals surface area contributed by atoms with Gasteiger partial charge < -0.3 is 15.0 Å². The average Bonchev–Trinajstić information content (AvgIpc) is 2.77. The molecular formula is C14H25N3O. The molecule has 2 unspecified atom stereocenters. The van der Waals surface area contributed by atoms with Crippen molar-refractivity contribution in [3.63, 3.8) is 0 Å². The second-order valence-corrected chi connectivity index (χ2v) is 5.42. The third-order valence-electron chi connectivity index (χ3n) is 4.15. The van der Waals surface area contributed by atoms with Gasteiger partial charge >= 0.3 is 0 Å². The van der Waals surface area contributed by atoms with Crippen LogP contribution in [0.4, 0.5) is 0 Å². The van der Waals surface area contributed by atoms with Gasteiger partial charge in [0.1, 0.15) is 5.82 Å². The van der Waals surface area contributed by atoms with Gasteiger partial charge in [-0.25, -0.2) is 4.98 Å². The van der Waals surface area contributed by atoms with Crippen LogP contribution in [0, 0.1) is 5.92 Å². The molecular weight excluding hydrogens is 226 g/mol.